The van der Waals surface area contributed by atoms with Crippen molar-refractivity contribution in [3.05, 3.63) is 0 Å². The molecule has 0 spiro atoms. The molecule has 0 radical (unpaired) electrons. The van der Waals surface area contributed by atoms with E-state index >= 15 is 0 Å². The molecule has 0 atom stereocenters. The van der Waals surface area contributed by atoms with E-state index < -0.39 is 35.4 Å². The molecule has 0 fully saturated rings. The zero-order chi connectivity index (χ0) is 13.0. The van der Waals surface area contributed by atoms with E-state index in [-0.39, 0.29) is 6.61 Å². The van der Waals surface area contributed by atoms with E-state index in [9.17, 15) is 18.0 Å². The summed E-state index contributed by atoms with van der Waals surface area (Å²) in [6, 6.07) is 0.755. The van der Waals surface area contributed by atoms with Crippen LogP contribution in [0.25, 0.3) is 0 Å². The van der Waals surface area contributed by atoms with E-state index in [1.165, 1.54) is 0 Å². The normalized spacial score (nSPS) is 12.2. The van der Waals surface area contributed by atoms with Crippen molar-refractivity contribution >= 4 is 29.7 Å². The van der Waals surface area contributed by atoms with Crippen molar-refractivity contribution in [2.24, 2.45) is 0 Å². The van der Waals surface area contributed by atoms with Crippen LogP contribution in [-0.4, -0.2) is 46.9 Å². The van der Waals surface area contributed by atoms with E-state index in [0.29, 0.717) is 0 Å². The summed E-state index contributed by atoms with van der Waals surface area (Å²) < 4.78 is 26.2. The number of carbonyl (C=O) groups is 2. The summed E-state index contributed by atoms with van der Waals surface area (Å²) in [5.41, 5.74) is 0. The molecule has 0 aromatic heterocycles. The molecule has 0 aliphatic heterocycles. The molecule has 7 heteroatoms. The minimum Gasteiger partial charge on any atom is -0.460 e. The third-order valence-electron chi connectivity index (χ3n) is 1.71. The minimum atomic E-state index is -3.46. The highest BCUT2D eigenvalue weighted by atomic mass is 32.2. The Balaban J connectivity index is 4.04. The van der Waals surface area contributed by atoms with Crippen molar-refractivity contribution in [3.63, 3.8) is 0 Å². The van der Waals surface area contributed by atoms with Crippen molar-refractivity contribution in [1.29, 1.82) is 0 Å². The van der Waals surface area contributed by atoms with Gasteiger partial charge in [0.05, 0.1) is 6.61 Å². The van der Waals surface area contributed by atoms with E-state index in [0.717, 1.165) is 12.3 Å². The van der Waals surface area contributed by atoms with Gasteiger partial charge in [-0.05, 0) is 6.04 Å². The smallest absolute Gasteiger partial charge is 0.375 e. The monoisotopic (exact) mass is 266 g/mol. The lowest BCUT2D eigenvalue weighted by molar-refractivity contribution is -0.152. The molecule has 0 N–H and O–H groups in total. The average molecular weight is 266 g/mol. The number of esters is 1. The van der Waals surface area contributed by atoms with E-state index in [1.807, 2.05) is 0 Å². The van der Waals surface area contributed by atoms with Gasteiger partial charge >= 0.3 is 5.97 Å². The first-order valence-electron chi connectivity index (χ1n) is 4.89. The van der Waals surface area contributed by atoms with Gasteiger partial charge in [0.1, 0.15) is 5.75 Å². The predicted molar refractivity (Wildman–Crippen MR) is 63.8 cm³/mol. The van der Waals surface area contributed by atoms with Crippen LogP contribution in [0.1, 0.15) is 0 Å². The number of Topliss-reactive ketones (excluding diaryl/α,β-unsaturated/α-hetero) is 1. The van der Waals surface area contributed by atoms with Gasteiger partial charge in [0, 0.05) is 14.3 Å². The molecule has 0 aromatic carbocycles. The standard InChI is InChI=1S/C9H18O5SSi/c1-15(12,13)7-8(10)9(11)14-5-6-16(2,3)4/h5-7H2,1-4H3. The second-order valence-corrected chi connectivity index (χ2v) is 12.7. The molecule has 0 saturated carbocycles. The first-order chi connectivity index (χ1) is 7.01. The molecule has 0 aliphatic carbocycles. The van der Waals surface area contributed by atoms with Crippen LogP contribution < -0.4 is 0 Å². The Hall–Kier alpha value is -0.693. The lowest BCUT2D eigenvalue weighted by Crippen LogP contribution is -2.28. The zero-order valence-electron chi connectivity index (χ0n) is 10.1. The van der Waals surface area contributed by atoms with E-state index in [4.69, 9.17) is 4.74 Å². The molecule has 0 amide bonds. The number of hydrogen-bond donors (Lipinski definition) is 0. The Bertz CT molecular complexity index is 366. The quantitative estimate of drug-likeness (QED) is 0.397. The van der Waals surface area contributed by atoms with Crippen molar-refractivity contribution in [3.8, 4) is 0 Å². The van der Waals surface area contributed by atoms with Crippen molar-refractivity contribution in [2.45, 2.75) is 25.7 Å². The van der Waals surface area contributed by atoms with Crippen LogP contribution in [0.2, 0.25) is 25.7 Å². The molecular weight excluding hydrogens is 248 g/mol. The number of carbonyl (C=O) groups excluding carboxylic acids is 2. The Labute approximate surface area is 97.1 Å². The molecule has 5 nitrogen and oxygen atoms in total. The molecule has 16 heavy (non-hydrogen) atoms. The fraction of sp³-hybridized carbons (Fsp3) is 0.778. The SMILES string of the molecule is C[Si](C)(C)CCOC(=O)C(=O)CS(C)(=O)=O. The van der Waals surface area contributed by atoms with Gasteiger partial charge in [-0.25, -0.2) is 13.2 Å². The number of ether oxygens (including phenoxy) is 1. The maximum Gasteiger partial charge on any atom is 0.375 e. The van der Waals surface area contributed by atoms with Gasteiger partial charge in [-0.15, -0.1) is 0 Å². The Morgan fingerprint density at radius 3 is 2.06 bits per heavy atom. The second-order valence-electron chi connectivity index (χ2n) is 4.94. The highest BCUT2D eigenvalue weighted by molar-refractivity contribution is 7.91. The van der Waals surface area contributed by atoms with Crippen LogP contribution in [-0.2, 0) is 24.2 Å². The lowest BCUT2D eigenvalue weighted by atomic mass is 10.5. The number of sulfone groups is 1. The van der Waals surface area contributed by atoms with Crippen LogP contribution in [0.15, 0.2) is 0 Å². The van der Waals surface area contributed by atoms with Gasteiger partial charge in [-0.3, -0.25) is 4.79 Å². The zero-order valence-corrected chi connectivity index (χ0v) is 11.9. The fourth-order valence-electron chi connectivity index (χ4n) is 0.827. The highest BCUT2D eigenvalue weighted by Gasteiger charge is 2.21. The summed E-state index contributed by atoms with van der Waals surface area (Å²) >= 11 is 0. The third kappa shape index (κ3) is 8.60. The van der Waals surface area contributed by atoms with Crippen LogP contribution in [0.4, 0.5) is 0 Å². The number of rotatable bonds is 6. The van der Waals surface area contributed by atoms with Gasteiger partial charge in [-0.1, -0.05) is 19.6 Å². The largest absolute Gasteiger partial charge is 0.460 e. The molecule has 0 rings (SSSR count). The molecular formula is C9H18O5SSi. The molecule has 0 unspecified atom stereocenters. The second kappa shape index (κ2) is 5.58. The van der Waals surface area contributed by atoms with Gasteiger partial charge < -0.3 is 4.74 Å². The molecule has 0 heterocycles. The summed E-state index contributed by atoms with van der Waals surface area (Å²) in [6.07, 6.45) is 0.903. The van der Waals surface area contributed by atoms with Gasteiger partial charge in [0.2, 0.25) is 0 Å². The van der Waals surface area contributed by atoms with Crippen molar-refractivity contribution in [2.75, 3.05) is 18.6 Å². The maximum absolute atomic E-state index is 11.1. The summed E-state index contributed by atoms with van der Waals surface area (Å²) in [7, 11) is -4.78. The summed E-state index contributed by atoms with van der Waals surface area (Å²) in [5.74, 6) is -2.83. The fourth-order valence-corrected chi connectivity index (χ4v) is 2.14. The van der Waals surface area contributed by atoms with Crippen LogP contribution in [0.5, 0.6) is 0 Å². The van der Waals surface area contributed by atoms with Crippen LogP contribution >= 0.6 is 0 Å². The minimum absolute atomic E-state index is 0.185. The summed E-state index contributed by atoms with van der Waals surface area (Å²) in [4.78, 5) is 22.2. The topological polar surface area (TPSA) is 77.5 Å². The van der Waals surface area contributed by atoms with E-state index in [1.54, 1.807) is 0 Å². The van der Waals surface area contributed by atoms with Gasteiger partial charge in [-0.2, -0.15) is 0 Å². The summed E-state index contributed by atoms with van der Waals surface area (Å²) in [6.45, 7) is 6.52. The van der Waals surface area contributed by atoms with Gasteiger partial charge in [0.15, 0.2) is 9.84 Å². The molecule has 94 valence electrons. The average Bonchev–Trinajstić information content (AvgIpc) is 1.98. The number of ketones is 1. The summed E-state index contributed by atoms with van der Waals surface area (Å²) in [5, 5.41) is 0. The maximum atomic E-state index is 11.1. The molecule has 0 aliphatic rings. The molecule has 0 aromatic rings. The van der Waals surface area contributed by atoms with Crippen LogP contribution in [0.3, 0.4) is 0 Å². The van der Waals surface area contributed by atoms with Crippen molar-refractivity contribution in [1.82, 2.24) is 0 Å². The van der Waals surface area contributed by atoms with Gasteiger partial charge in [0.25, 0.3) is 5.78 Å². The highest BCUT2D eigenvalue weighted by Crippen LogP contribution is 2.07. The van der Waals surface area contributed by atoms with E-state index in [2.05, 4.69) is 19.6 Å². The Morgan fingerprint density at radius 1 is 1.19 bits per heavy atom. The predicted octanol–water partition coefficient (Wildman–Crippen LogP) is 0.482. The Morgan fingerprint density at radius 2 is 1.69 bits per heavy atom. The molecule has 0 bridgehead atoms. The number of hydrogen-bond acceptors (Lipinski definition) is 5. The van der Waals surface area contributed by atoms with Crippen LogP contribution in [0, 0.1) is 0 Å². The lowest BCUT2D eigenvalue weighted by Gasteiger charge is -2.14. The molecule has 0 saturated heterocycles. The third-order valence-corrected chi connectivity index (χ3v) is 4.20. The first kappa shape index (κ1) is 15.3. The Kier molecular flexibility index (Phi) is 5.34. The first-order valence-corrected chi connectivity index (χ1v) is 10.7. The van der Waals surface area contributed by atoms with Crippen molar-refractivity contribution < 1.29 is 22.7 Å².